The standard InChI is InChI=1S/C9H19NO2/c1-7(2)3-4-8(10)5-6-9(11)12/h7-8H,3-6,10H2,1-2H3,(H,11,12)/t8-/m1/s1. The summed E-state index contributed by atoms with van der Waals surface area (Å²) >= 11 is 0. The van der Waals surface area contributed by atoms with Gasteiger partial charge in [0.2, 0.25) is 0 Å². The van der Waals surface area contributed by atoms with E-state index in [1.807, 2.05) is 0 Å². The minimum Gasteiger partial charge on any atom is -0.550 e. The summed E-state index contributed by atoms with van der Waals surface area (Å²) in [5.41, 5.74) is 3.89. The lowest BCUT2D eigenvalue weighted by atomic mass is 10.0. The van der Waals surface area contributed by atoms with Gasteiger partial charge in [-0.05, 0) is 25.2 Å². The third kappa shape index (κ3) is 7.54. The molecule has 0 saturated heterocycles. The third-order valence-corrected chi connectivity index (χ3v) is 1.91. The summed E-state index contributed by atoms with van der Waals surface area (Å²) in [4.78, 5) is 10.1. The molecule has 72 valence electrons. The molecule has 12 heavy (non-hydrogen) atoms. The molecule has 0 radical (unpaired) electrons. The summed E-state index contributed by atoms with van der Waals surface area (Å²) < 4.78 is 0. The summed E-state index contributed by atoms with van der Waals surface area (Å²) in [5, 5.41) is 10.1. The first-order chi connectivity index (χ1) is 5.52. The Morgan fingerprint density at radius 2 is 1.92 bits per heavy atom. The summed E-state index contributed by atoms with van der Waals surface area (Å²) in [5.74, 6) is -0.287. The van der Waals surface area contributed by atoms with Crippen LogP contribution in [0.2, 0.25) is 0 Å². The fourth-order valence-corrected chi connectivity index (χ4v) is 1.04. The molecule has 0 amide bonds. The van der Waals surface area contributed by atoms with Gasteiger partial charge in [0.25, 0.3) is 0 Å². The molecule has 0 fully saturated rings. The lowest BCUT2D eigenvalue weighted by Gasteiger charge is -2.10. The highest BCUT2D eigenvalue weighted by Crippen LogP contribution is 2.07. The van der Waals surface area contributed by atoms with Crippen LogP contribution in [0.5, 0.6) is 0 Å². The minimum absolute atomic E-state index is 0.145. The molecule has 1 atom stereocenters. The fourth-order valence-electron chi connectivity index (χ4n) is 1.04. The molecular weight excluding hydrogens is 154 g/mol. The number of carboxylic acid groups (broad SMARTS) is 1. The number of quaternary nitrogens is 1. The van der Waals surface area contributed by atoms with Crippen LogP contribution in [0.15, 0.2) is 0 Å². The van der Waals surface area contributed by atoms with Gasteiger partial charge in [0.05, 0.1) is 6.04 Å². The van der Waals surface area contributed by atoms with Crippen LogP contribution in [-0.2, 0) is 4.79 Å². The Hall–Kier alpha value is -0.570. The molecule has 0 heterocycles. The van der Waals surface area contributed by atoms with Crippen LogP contribution in [0.4, 0.5) is 0 Å². The first-order valence-corrected chi connectivity index (χ1v) is 4.55. The van der Waals surface area contributed by atoms with Gasteiger partial charge in [-0.2, -0.15) is 0 Å². The van der Waals surface area contributed by atoms with Crippen LogP contribution in [0.25, 0.3) is 0 Å². The smallest absolute Gasteiger partial charge is 0.0847 e. The second kappa shape index (κ2) is 6.00. The van der Waals surface area contributed by atoms with E-state index in [1.54, 1.807) is 0 Å². The van der Waals surface area contributed by atoms with Crippen molar-refractivity contribution in [3.05, 3.63) is 0 Å². The van der Waals surface area contributed by atoms with Crippen molar-refractivity contribution < 1.29 is 15.6 Å². The highest BCUT2D eigenvalue weighted by Gasteiger charge is 2.06. The maximum Gasteiger partial charge on any atom is 0.0847 e. The molecule has 3 nitrogen and oxygen atoms in total. The van der Waals surface area contributed by atoms with E-state index >= 15 is 0 Å². The van der Waals surface area contributed by atoms with Gasteiger partial charge >= 0.3 is 0 Å². The van der Waals surface area contributed by atoms with Crippen molar-refractivity contribution in [2.75, 3.05) is 0 Å². The highest BCUT2D eigenvalue weighted by atomic mass is 16.4. The van der Waals surface area contributed by atoms with Crippen molar-refractivity contribution in [2.24, 2.45) is 5.92 Å². The lowest BCUT2D eigenvalue weighted by Crippen LogP contribution is -2.61. The van der Waals surface area contributed by atoms with E-state index in [-0.39, 0.29) is 12.5 Å². The molecule has 0 aliphatic rings. The van der Waals surface area contributed by atoms with Crippen molar-refractivity contribution in [3.8, 4) is 0 Å². The Morgan fingerprint density at radius 3 is 2.33 bits per heavy atom. The van der Waals surface area contributed by atoms with Crippen molar-refractivity contribution in [1.82, 2.24) is 0 Å². The van der Waals surface area contributed by atoms with Crippen LogP contribution in [0, 0.1) is 5.92 Å². The maximum absolute atomic E-state index is 10.1. The second-order valence-electron chi connectivity index (χ2n) is 3.75. The molecule has 0 aliphatic carbocycles. The summed E-state index contributed by atoms with van der Waals surface area (Å²) in [6.07, 6.45) is 2.94. The van der Waals surface area contributed by atoms with E-state index in [0.29, 0.717) is 12.3 Å². The molecule has 0 bridgehead atoms. The number of carboxylic acids is 1. The van der Waals surface area contributed by atoms with Gasteiger partial charge in [-0.1, -0.05) is 13.8 Å². The Morgan fingerprint density at radius 1 is 1.33 bits per heavy atom. The predicted molar refractivity (Wildman–Crippen MR) is 45.0 cm³/mol. The van der Waals surface area contributed by atoms with Crippen molar-refractivity contribution in [2.45, 2.75) is 45.6 Å². The fraction of sp³-hybridized carbons (Fsp3) is 0.889. The Kier molecular flexibility index (Phi) is 5.72. The summed E-state index contributed by atoms with van der Waals surface area (Å²) in [6.45, 7) is 4.32. The topological polar surface area (TPSA) is 67.8 Å². The van der Waals surface area contributed by atoms with Gasteiger partial charge in [0.1, 0.15) is 0 Å². The normalized spacial score (nSPS) is 13.3. The van der Waals surface area contributed by atoms with Gasteiger partial charge in [0.15, 0.2) is 0 Å². The van der Waals surface area contributed by atoms with Crippen molar-refractivity contribution >= 4 is 5.97 Å². The quantitative estimate of drug-likeness (QED) is 0.592. The van der Waals surface area contributed by atoms with Crippen LogP contribution in [0.1, 0.15) is 39.5 Å². The predicted octanol–water partition coefficient (Wildman–Crippen LogP) is -0.437. The zero-order chi connectivity index (χ0) is 9.56. The molecule has 0 aromatic heterocycles. The highest BCUT2D eigenvalue weighted by molar-refractivity contribution is 5.64. The number of hydrogen-bond acceptors (Lipinski definition) is 2. The van der Waals surface area contributed by atoms with Crippen molar-refractivity contribution in [1.29, 1.82) is 0 Å². The minimum atomic E-state index is -0.965. The van der Waals surface area contributed by atoms with E-state index in [4.69, 9.17) is 0 Å². The maximum atomic E-state index is 10.1. The zero-order valence-electron chi connectivity index (χ0n) is 8.01. The van der Waals surface area contributed by atoms with Gasteiger partial charge in [-0.25, -0.2) is 0 Å². The molecule has 0 rings (SSSR count). The Bertz CT molecular complexity index is 134. The molecule has 0 aliphatic heterocycles. The van der Waals surface area contributed by atoms with Crippen LogP contribution < -0.4 is 10.8 Å². The third-order valence-electron chi connectivity index (χ3n) is 1.91. The molecular formula is C9H19NO2. The van der Waals surface area contributed by atoms with Crippen LogP contribution >= 0.6 is 0 Å². The van der Waals surface area contributed by atoms with Crippen molar-refractivity contribution in [3.63, 3.8) is 0 Å². The average Bonchev–Trinajstić information content (AvgIpc) is 1.96. The Balaban J connectivity index is 3.33. The SMILES string of the molecule is CC(C)CC[C@@H]([NH3+])CCC(=O)[O-]. The molecule has 0 unspecified atom stereocenters. The molecule has 0 spiro atoms. The number of hydrogen-bond donors (Lipinski definition) is 1. The molecule has 3 N–H and O–H groups in total. The van der Waals surface area contributed by atoms with Crippen LogP contribution in [0.3, 0.4) is 0 Å². The first-order valence-electron chi connectivity index (χ1n) is 4.55. The molecule has 0 aromatic rings. The molecule has 3 heteroatoms. The average molecular weight is 173 g/mol. The molecule has 0 aromatic carbocycles. The monoisotopic (exact) mass is 173 g/mol. The van der Waals surface area contributed by atoms with E-state index < -0.39 is 5.97 Å². The number of carbonyl (C=O) groups excluding carboxylic acids is 1. The van der Waals surface area contributed by atoms with Gasteiger partial charge < -0.3 is 15.6 Å². The molecule has 0 saturated carbocycles. The summed E-state index contributed by atoms with van der Waals surface area (Å²) in [6, 6.07) is 0.269. The van der Waals surface area contributed by atoms with E-state index in [0.717, 1.165) is 12.8 Å². The van der Waals surface area contributed by atoms with Gasteiger partial charge in [-0.15, -0.1) is 0 Å². The van der Waals surface area contributed by atoms with E-state index in [9.17, 15) is 9.90 Å². The van der Waals surface area contributed by atoms with E-state index in [2.05, 4.69) is 19.6 Å². The van der Waals surface area contributed by atoms with Gasteiger partial charge in [0, 0.05) is 12.4 Å². The van der Waals surface area contributed by atoms with Gasteiger partial charge in [-0.3, -0.25) is 0 Å². The first kappa shape index (κ1) is 11.4. The summed E-state index contributed by atoms with van der Waals surface area (Å²) in [7, 11) is 0. The second-order valence-corrected chi connectivity index (χ2v) is 3.75. The van der Waals surface area contributed by atoms with E-state index in [1.165, 1.54) is 0 Å². The van der Waals surface area contributed by atoms with Crippen LogP contribution in [-0.4, -0.2) is 12.0 Å². The number of carbonyl (C=O) groups is 1. The number of rotatable bonds is 6. The lowest BCUT2D eigenvalue weighted by molar-refractivity contribution is -0.423. The Labute approximate surface area is 74.0 Å². The largest absolute Gasteiger partial charge is 0.550 e. The zero-order valence-corrected chi connectivity index (χ0v) is 8.01. The number of aliphatic carboxylic acids is 1.